The number of nitrogen functional groups attached to an aromatic ring is 1. The van der Waals surface area contributed by atoms with Crippen molar-refractivity contribution in [2.24, 2.45) is 0 Å². The number of rotatable bonds is 5. The molecule has 0 unspecified atom stereocenters. The molecule has 0 radical (unpaired) electrons. The number of anilines is 2. The Morgan fingerprint density at radius 3 is 2.50 bits per heavy atom. The zero-order chi connectivity index (χ0) is 21.3. The first-order valence-corrected chi connectivity index (χ1v) is 9.80. The number of fused-ring (bicyclic) bond motifs is 1. The summed E-state index contributed by atoms with van der Waals surface area (Å²) in [6.45, 7) is 3.23. The summed E-state index contributed by atoms with van der Waals surface area (Å²) >= 11 is 0. The molecular formula is C21H25N5O4. The van der Waals surface area contributed by atoms with Crippen LogP contribution in [0.4, 0.5) is 11.8 Å². The first-order valence-electron chi connectivity index (χ1n) is 9.80. The van der Waals surface area contributed by atoms with Crippen molar-refractivity contribution in [2.75, 3.05) is 37.9 Å². The molecule has 158 valence electrons. The predicted molar refractivity (Wildman–Crippen MR) is 113 cm³/mol. The summed E-state index contributed by atoms with van der Waals surface area (Å²) in [5.41, 5.74) is 6.89. The Kier molecular flexibility index (Phi) is 5.35. The molecule has 9 nitrogen and oxygen atoms in total. The van der Waals surface area contributed by atoms with E-state index in [-0.39, 0.29) is 11.9 Å². The van der Waals surface area contributed by atoms with Crippen LogP contribution >= 0.6 is 0 Å². The number of nitrogens with two attached hydrogens (primary N) is 1. The van der Waals surface area contributed by atoms with Gasteiger partial charge in [-0.15, -0.1) is 0 Å². The molecule has 0 saturated carbocycles. The number of nitrogens with zero attached hydrogens (tertiary/aromatic N) is 3. The summed E-state index contributed by atoms with van der Waals surface area (Å²) in [6, 6.07) is 7.12. The van der Waals surface area contributed by atoms with Crippen LogP contribution in [0.5, 0.6) is 11.5 Å². The number of carbonyl (C=O) groups is 1. The number of piperidine rings is 1. The molecule has 30 heavy (non-hydrogen) atoms. The molecule has 1 fully saturated rings. The normalized spacial score (nSPS) is 14.7. The molecule has 2 aromatic heterocycles. The lowest BCUT2D eigenvalue weighted by Crippen LogP contribution is -2.45. The molecular weight excluding hydrogens is 386 g/mol. The highest BCUT2D eigenvalue weighted by Crippen LogP contribution is 2.34. The van der Waals surface area contributed by atoms with Crippen LogP contribution in [0.15, 0.2) is 28.7 Å². The number of ether oxygens (including phenoxy) is 2. The summed E-state index contributed by atoms with van der Waals surface area (Å²) in [5, 5.41) is 3.75. The molecule has 1 saturated heterocycles. The van der Waals surface area contributed by atoms with Crippen molar-refractivity contribution in [2.45, 2.75) is 25.8 Å². The molecule has 0 spiro atoms. The van der Waals surface area contributed by atoms with Crippen molar-refractivity contribution < 1.29 is 18.7 Å². The molecule has 1 amide bonds. The third kappa shape index (κ3) is 3.83. The second-order valence-electron chi connectivity index (χ2n) is 7.28. The number of furan rings is 1. The Bertz CT molecular complexity index is 1070. The van der Waals surface area contributed by atoms with E-state index in [0.29, 0.717) is 53.0 Å². The van der Waals surface area contributed by atoms with Crippen molar-refractivity contribution in [1.29, 1.82) is 0 Å². The zero-order valence-electron chi connectivity index (χ0n) is 17.3. The first kappa shape index (κ1) is 19.8. The van der Waals surface area contributed by atoms with Crippen LogP contribution < -0.4 is 25.4 Å². The largest absolute Gasteiger partial charge is 0.493 e. The SMILES string of the molecule is COc1cc2nc(N3CCC(NC(=O)c4ccc(C)o4)CC3)nc(N)c2cc1OC. The van der Waals surface area contributed by atoms with Crippen LogP contribution in [-0.2, 0) is 0 Å². The fraction of sp³-hybridized carbons (Fsp3) is 0.381. The molecule has 0 atom stereocenters. The molecule has 4 rings (SSSR count). The summed E-state index contributed by atoms with van der Waals surface area (Å²) in [5.74, 6) is 2.99. The van der Waals surface area contributed by atoms with Gasteiger partial charge in [-0.1, -0.05) is 0 Å². The quantitative estimate of drug-likeness (QED) is 0.658. The Morgan fingerprint density at radius 1 is 1.17 bits per heavy atom. The number of hydrogen-bond donors (Lipinski definition) is 2. The smallest absolute Gasteiger partial charge is 0.287 e. The van der Waals surface area contributed by atoms with Crippen LogP contribution in [0, 0.1) is 6.92 Å². The highest BCUT2D eigenvalue weighted by Gasteiger charge is 2.24. The van der Waals surface area contributed by atoms with Gasteiger partial charge in [0.2, 0.25) is 5.95 Å². The van der Waals surface area contributed by atoms with Gasteiger partial charge in [0.05, 0.1) is 19.7 Å². The van der Waals surface area contributed by atoms with E-state index < -0.39 is 0 Å². The molecule has 3 heterocycles. The van der Waals surface area contributed by atoms with E-state index in [9.17, 15) is 4.79 Å². The topological polar surface area (TPSA) is 116 Å². The van der Waals surface area contributed by atoms with Gasteiger partial charge in [-0.05, 0) is 38.0 Å². The van der Waals surface area contributed by atoms with E-state index in [1.165, 1.54) is 0 Å². The van der Waals surface area contributed by atoms with Crippen molar-refractivity contribution in [3.8, 4) is 11.5 Å². The number of carbonyl (C=O) groups excluding carboxylic acids is 1. The lowest BCUT2D eigenvalue weighted by molar-refractivity contribution is 0.0901. The fourth-order valence-electron chi connectivity index (χ4n) is 3.64. The maximum atomic E-state index is 12.3. The number of aromatic nitrogens is 2. The highest BCUT2D eigenvalue weighted by atomic mass is 16.5. The Labute approximate surface area is 174 Å². The second-order valence-corrected chi connectivity index (χ2v) is 7.28. The summed E-state index contributed by atoms with van der Waals surface area (Å²) in [7, 11) is 3.16. The molecule has 0 bridgehead atoms. The van der Waals surface area contributed by atoms with Gasteiger partial charge in [0, 0.05) is 30.6 Å². The lowest BCUT2D eigenvalue weighted by atomic mass is 10.1. The Morgan fingerprint density at radius 2 is 1.87 bits per heavy atom. The number of nitrogens with one attached hydrogen (secondary N) is 1. The van der Waals surface area contributed by atoms with Gasteiger partial charge >= 0.3 is 0 Å². The molecule has 0 aliphatic carbocycles. The Hall–Kier alpha value is -3.49. The maximum Gasteiger partial charge on any atom is 0.287 e. The maximum absolute atomic E-state index is 12.3. The van der Waals surface area contributed by atoms with Gasteiger partial charge in [-0.2, -0.15) is 4.98 Å². The van der Waals surface area contributed by atoms with E-state index in [1.807, 2.05) is 6.92 Å². The third-order valence-corrected chi connectivity index (χ3v) is 5.30. The van der Waals surface area contributed by atoms with E-state index in [1.54, 1.807) is 38.5 Å². The predicted octanol–water partition coefficient (Wildman–Crippen LogP) is 2.53. The number of aryl methyl sites for hydroxylation is 1. The van der Waals surface area contributed by atoms with Crippen LogP contribution in [0.3, 0.4) is 0 Å². The lowest BCUT2D eigenvalue weighted by Gasteiger charge is -2.32. The number of amides is 1. The fourth-order valence-corrected chi connectivity index (χ4v) is 3.64. The first-order chi connectivity index (χ1) is 14.5. The van der Waals surface area contributed by atoms with Crippen LogP contribution in [0.1, 0.15) is 29.2 Å². The van der Waals surface area contributed by atoms with Gasteiger partial charge in [0.25, 0.3) is 5.91 Å². The average molecular weight is 411 g/mol. The van der Waals surface area contributed by atoms with E-state index in [4.69, 9.17) is 19.6 Å². The van der Waals surface area contributed by atoms with Gasteiger partial charge in [0.1, 0.15) is 11.6 Å². The second kappa shape index (κ2) is 8.10. The molecule has 1 aliphatic heterocycles. The minimum atomic E-state index is -0.186. The number of methoxy groups -OCH3 is 2. The number of benzene rings is 1. The third-order valence-electron chi connectivity index (χ3n) is 5.30. The van der Waals surface area contributed by atoms with Crippen LogP contribution in [-0.4, -0.2) is 49.2 Å². The summed E-state index contributed by atoms with van der Waals surface area (Å²) < 4.78 is 16.1. The van der Waals surface area contributed by atoms with Crippen LogP contribution in [0.25, 0.3) is 10.9 Å². The average Bonchev–Trinajstić information content (AvgIpc) is 3.19. The summed E-state index contributed by atoms with van der Waals surface area (Å²) in [6.07, 6.45) is 1.55. The van der Waals surface area contributed by atoms with Crippen molar-refractivity contribution in [3.63, 3.8) is 0 Å². The summed E-state index contributed by atoms with van der Waals surface area (Å²) in [4.78, 5) is 23.5. The van der Waals surface area contributed by atoms with Crippen molar-refractivity contribution >= 4 is 28.6 Å². The van der Waals surface area contributed by atoms with E-state index in [0.717, 1.165) is 18.6 Å². The van der Waals surface area contributed by atoms with Gasteiger partial charge in [-0.3, -0.25) is 4.79 Å². The molecule has 3 aromatic rings. The van der Waals surface area contributed by atoms with E-state index in [2.05, 4.69) is 20.2 Å². The van der Waals surface area contributed by atoms with Crippen LogP contribution in [0.2, 0.25) is 0 Å². The minimum absolute atomic E-state index is 0.0707. The Balaban J connectivity index is 1.47. The van der Waals surface area contributed by atoms with Gasteiger partial charge in [0.15, 0.2) is 17.3 Å². The molecule has 9 heteroatoms. The zero-order valence-corrected chi connectivity index (χ0v) is 17.3. The minimum Gasteiger partial charge on any atom is -0.493 e. The highest BCUT2D eigenvalue weighted by molar-refractivity contribution is 5.92. The van der Waals surface area contributed by atoms with E-state index >= 15 is 0 Å². The molecule has 3 N–H and O–H groups in total. The van der Waals surface area contributed by atoms with Gasteiger partial charge < -0.3 is 29.8 Å². The standard InChI is InChI=1S/C21H25N5O4/c1-12-4-5-16(30-12)20(27)23-13-6-8-26(9-7-13)21-24-15-11-18(29-3)17(28-2)10-14(15)19(22)25-21/h4-5,10-11,13H,6-9H2,1-3H3,(H,23,27)(H2,22,24,25). The monoisotopic (exact) mass is 411 g/mol. The van der Waals surface area contributed by atoms with Gasteiger partial charge in [-0.25, -0.2) is 4.98 Å². The molecule has 1 aliphatic rings. The van der Waals surface area contributed by atoms with Crippen molar-refractivity contribution in [3.05, 3.63) is 35.8 Å². The van der Waals surface area contributed by atoms with Crippen molar-refractivity contribution in [1.82, 2.24) is 15.3 Å². The molecule has 1 aromatic carbocycles. The number of hydrogen-bond acceptors (Lipinski definition) is 8.